The highest BCUT2D eigenvalue weighted by Gasteiger charge is 2.17. The van der Waals surface area contributed by atoms with Gasteiger partial charge in [0.05, 0.1) is 11.1 Å². The van der Waals surface area contributed by atoms with Crippen molar-refractivity contribution in [3.63, 3.8) is 0 Å². The zero-order valence-electron chi connectivity index (χ0n) is 11.4. The van der Waals surface area contributed by atoms with Crippen LogP contribution in [0.2, 0.25) is 0 Å². The van der Waals surface area contributed by atoms with E-state index in [9.17, 15) is 18.8 Å². The van der Waals surface area contributed by atoms with Crippen molar-refractivity contribution in [3.8, 4) is 0 Å². The lowest BCUT2D eigenvalue weighted by Gasteiger charge is -2.06. The first-order chi connectivity index (χ1) is 10.4. The van der Waals surface area contributed by atoms with Gasteiger partial charge in [0.2, 0.25) is 0 Å². The van der Waals surface area contributed by atoms with E-state index in [1.165, 1.54) is 30.3 Å². The number of aromatic carboxylic acids is 1. The minimum atomic E-state index is -1.21. The summed E-state index contributed by atoms with van der Waals surface area (Å²) in [7, 11) is 0. The van der Waals surface area contributed by atoms with Crippen LogP contribution in [-0.2, 0) is 6.42 Å². The van der Waals surface area contributed by atoms with Gasteiger partial charge in [0, 0.05) is 12.0 Å². The van der Waals surface area contributed by atoms with Crippen molar-refractivity contribution in [2.75, 3.05) is 0 Å². The normalized spacial score (nSPS) is 10.2. The molecule has 3 N–H and O–H groups in total. The van der Waals surface area contributed by atoms with Crippen LogP contribution in [0.4, 0.5) is 4.39 Å². The molecule has 0 unspecified atom stereocenters. The van der Waals surface area contributed by atoms with Gasteiger partial charge < -0.3 is 10.8 Å². The molecule has 0 aliphatic heterocycles. The average Bonchev–Trinajstić information content (AvgIpc) is 2.48. The number of carboxylic acid groups (broad SMARTS) is 1. The number of carboxylic acids is 1. The minimum Gasteiger partial charge on any atom is -0.478 e. The number of hydrogen-bond acceptors (Lipinski definition) is 3. The molecule has 0 radical (unpaired) electrons. The van der Waals surface area contributed by atoms with Crippen LogP contribution in [0.15, 0.2) is 42.5 Å². The molecule has 0 aromatic heterocycles. The van der Waals surface area contributed by atoms with Gasteiger partial charge in [-0.25, -0.2) is 9.18 Å². The predicted molar refractivity (Wildman–Crippen MR) is 76.4 cm³/mol. The number of ketones is 1. The van der Waals surface area contributed by atoms with Crippen LogP contribution in [0, 0.1) is 5.82 Å². The summed E-state index contributed by atoms with van der Waals surface area (Å²) in [6, 6.07) is 9.40. The fourth-order valence-electron chi connectivity index (χ4n) is 2.06. The summed E-state index contributed by atoms with van der Waals surface area (Å²) in [5.41, 5.74) is 5.06. The lowest BCUT2D eigenvalue weighted by atomic mass is 9.97. The first-order valence-corrected chi connectivity index (χ1v) is 6.34. The molecule has 0 bridgehead atoms. The summed E-state index contributed by atoms with van der Waals surface area (Å²) in [6.45, 7) is 0. The van der Waals surface area contributed by atoms with Gasteiger partial charge >= 0.3 is 5.97 Å². The molecule has 0 aliphatic rings. The van der Waals surface area contributed by atoms with E-state index < -0.39 is 23.5 Å². The third kappa shape index (κ3) is 3.17. The van der Waals surface area contributed by atoms with Crippen molar-refractivity contribution in [3.05, 3.63) is 70.5 Å². The highest BCUT2D eigenvalue weighted by Crippen LogP contribution is 2.15. The molecule has 0 spiro atoms. The summed E-state index contributed by atoms with van der Waals surface area (Å²) in [5.74, 6) is -3.35. The number of benzene rings is 2. The second kappa shape index (κ2) is 6.17. The van der Waals surface area contributed by atoms with Crippen LogP contribution in [0.25, 0.3) is 0 Å². The first-order valence-electron chi connectivity index (χ1n) is 6.34. The van der Waals surface area contributed by atoms with Gasteiger partial charge in [-0.3, -0.25) is 9.59 Å². The summed E-state index contributed by atoms with van der Waals surface area (Å²) >= 11 is 0. The summed E-state index contributed by atoms with van der Waals surface area (Å²) in [6.07, 6.45) is -0.162. The van der Waals surface area contributed by atoms with E-state index in [2.05, 4.69) is 0 Å². The van der Waals surface area contributed by atoms with E-state index in [1.54, 1.807) is 6.07 Å². The Morgan fingerprint density at radius 2 is 1.64 bits per heavy atom. The third-order valence-electron chi connectivity index (χ3n) is 3.12. The van der Waals surface area contributed by atoms with Crippen LogP contribution in [-0.4, -0.2) is 22.8 Å². The maximum absolute atomic E-state index is 13.4. The van der Waals surface area contributed by atoms with E-state index in [-0.39, 0.29) is 23.1 Å². The molecule has 1 amide bonds. The smallest absolute Gasteiger partial charge is 0.336 e. The maximum atomic E-state index is 13.4. The quantitative estimate of drug-likeness (QED) is 0.826. The van der Waals surface area contributed by atoms with Gasteiger partial charge in [-0.15, -0.1) is 0 Å². The number of hydrogen-bond donors (Lipinski definition) is 2. The fourth-order valence-corrected chi connectivity index (χ4v) is 2.06. The Kier molecular flexibility index (Phi) is 4.31. The lowest BCUT2D eigenvalue weighted by Crippen LogP contribution is -2.15. The summed E-state index contributed by atoms with van der Waals surface area (Å²) < 4.78 is 13.4. The SMILES string of the molecule is NC(=O)c1cc(CC(=O)c2ccccc2C(=O)O)ccc1F. The first kappa shape index (κ1) is 15.4. The average molecular weight is 301 g/mol. The topological polar surface area (TPSA) is 97.5 Å². The molecule has 0 heterocycles. The van der Waals surface area contributed by atoms with Crippen LogP contribution < -0.4 is 5.73 Å². The Morgan fingerprint density at radius 1 is 1.00 bits per heavy atom. The Hall–Kier alpha value is -3.02. The molecule has 2 aromatic rings. The molecule has 2 rings (SSSR count). The van der Waals surface area contributed by atoms with Crippen LogP contribution in [0.3, 0.4) is 0 Å². The van der Waals surface area contributed by atoms with E-state index in [1.807, 2.05) is 0 Å². The van der Waals surface area contributed by atoms with E-state index >= 15 is 0 Å². The number of nitrogens with two attached hydrogens (primary N) is 1. The van der Waals surface area contributed by atoms with Crippen LogP contribution in [0.1, 0.15) is 36.6 Å². The Morgan fingerprint density at radius 3 is 2.23 bits per heavy atom. The molecule has 22 heavy (non-hydrogen) atoms. The number of halogens is 1. The number of carbonyl (C=O) groups excluding carboxylic acids is 2. The van der Waals surface area contributed by atoms with Gasteiger partial charge in [0.1, 0.15) is 5.82 Å². The molecule has 0 atom stereocenters. The van der Waals surface area contributed by atoms with Gasteiger partial charge in [0.25, 0.3) is 5.91 Å². The number of rotatable bonds is 5. The fraction of sp³-hybridized carbons (Fsp3) is 0.0625. The zero-order valence-corrected chi connectivity index (χ0v) is 11.4. The highest BCUT2D eigenvalue weighted by molar-refractivity contribution is 6.06. The molecule has 0 saturated heterocycles. The van der Waals surface area contributed by atoms with Crippen molar-refractivity contribution >= 4 is 17.7 Å². The monoisotopic (exact) mass is 301 g/mol. The van der Waals surface area contributed by atoms with Gasteiger partial charge in [-0.2, -0.15) is 0 Å². The third-order valence-corrected chi connectivity index (χ3v) is 3.12. The van der Waals surface area contributed by atoms with Crippen LogP contribution >= 0.6 is 0 Å². The molecule has 0 saturated carbocycles. The van der Waals surface area contributed by atoms with E-state index in [0.717, 1.165) is 6.07 Å². The van der Waals surface area contributed by atoms with Gasteiger partial charge in [0.15, 0.2) is 5.78 Å². The van der Waals surface area contributed by atoms with E-state index in [4.69, 9.17) is 10.8 Å². The lowest BCUT2D eigenvalue weighted by molar-refractivity contribution is 0.0691. The number of carbonyl (C=O) groups is 3. The zero-order chi connectivity index (χ0) is 16.3. The number of Topliss-reactive ketones (excluding diaryl/α,β-unsaturated/α-hetero) is 1. The predicted octanol–water partition coefficient (Wildman–Crippen LogP) is 2.05. The highest BCUT2D eigenvalue weighted by atomic mass is 19.1. The Labute approximate surface area is 125 Å². The molecule has 6 heteroatoms. The molecule has 2 aromatic carbocycles. The van der Waals surface area contributed by atoms with E-state index in [0.29, 0.717) is 5.56 Å². The number of amides is 1. The molecular weight excluding hydrogens is 289 g/mol. The second-order valence-corrected chi connectivity index (χ2v) is 4.63. The van der Waals surface area contributed by atoms with Crippen molar-refractivity contribution in [2.24, 2.45) is 5.73 Å². The molecule has 5 nitrogen and oxygen atoms in total. The Bertz CT molecular complexity index is 770. The summed E-state index contributed by atoms with van der Waals surface area (Å²) in [5, 5.41) is 9.07. The largest absolute Gasteiger partial charge is 0.478 e. The second-order valence-electron chi connectivity index (χ2n) is 4.63. The molecule has 0 fully saturated rings. The van der Waals surface area contributed by atoms with Crippen LogP contribution in [0.5, 0.6) is 0 Å². The number of primary amides is 1. The van der Waals surface area contributed by atoms with Crippen molar-refractivity contribution in [2.45, 2.75) is 6.42 Å². The van der Waals surface area contributed by atoms with Crippen molar-refractivity contribution in [1.82, 2.24) is 0 Å². The van der Waals surface area contributed by atoms with Crippen molar-refractivity contribution in [1.29, 1.82) is 0 Å². The summed E-state index contributed by atoms with van der Waals surface area (Å²) in [4.78, 5) is 34.4. The van der Waals surface area contributed by atoms with Crippen molar-refractivity contribution < 1.29 is 23.9 Å². The minimum absolute atomic E-state index is 0.0555. The van der Waals surface area contributed by atoms with Gasteiger partial charge in [-0.05, 0) is 23.8 Å². The maximum Gasteiger partial charge on any atom is 0.336 e. The standard InChI is InChI=1S/C16H12FNO4/c17-13-6-5-9(7-12(13)15(18)20)8-14(19)10-3-1-2-4-11(10)16(21)22/h1-7H,8H2,(H2,18,20)(H,21,22). The Balaban J connectivity index is 2.32. The molecule has 0 aliphatic carbocycles. The molecular formula is C16H12FNO4. The van der Waals surface area contributed by atoms with Gasteiger partial charge in [-0.1, -0.05) is 24.3 Å². The molecule has 112 valence electrons.